The lowest BCUT2D eigenvalue weighted by molar-refractivity contribution is -0.132. The summed E-state index contributed by atoms with van der Waals surface area (Å²) < 4.78 is 5.33. The number of rotatable bonds is 9. The van der Waals surface area contributed by atoms with Crippen LogP contribution in [0, 0.1) is 0 Å². The number of benzene rings is 1. The molecule has 3 rings (SSSR count). The van der Waals surface area contributed by atoms with Crippen molar-refractivity contribution in [2.45, 2.75) is 39.0 Å². The van der Waals surface area contributed by atoms with Crippen molar-refractivity contribution in [2.75, 3.05) is 45.9 Å². The summed E-state index contributed by atoms with van der Waals surface area (Å²) in [5, 5.41) is 8.93. The highest BCUT2D eigenvalue weighted by Gasteiger charge is 2.21. The average Bonchev–Trinajstić information content (AvgIpc) is 2.77. The average molecular weight is 401 g/mol. The molecule has 0 spiro atoms. The van der Waals surface area contributed by atoms with Gasteiger partial charge in [-0.2, -0.15) is 5.10 Å². The highest BCUT2D eigenvalue weighted by molar-refractivity contribution is 6.04. The van der Waals surface area contributed by atoms with Gasteiger partial charge in [0.1, 0.15) is 0 Å². The number of morpholine rings is 1. The van der Waals surface area contributed by atoms with Crippen LogP contribution in [0.5, 0.6) is 0 Å². The van der Waals surface area contributed by atoms with Crippen LogP contribution in [0.1, 0.15) is 43.7 Å². The Balaban J connectivity index is 1.41. The van der Waals surface area contributed by atoms with E-state index in [1.807, 2.05) is 0 Å². The highest BCUT2D eigenvalue weighted by Crippen LogP contribution is 2.16. The summed E-state index contributed by atoms with van der Waals surface area (Å²) in [4.78, 5) is 26.7. The topological polar surface area (TPSA) is 74.2 Å². The zero-order chi connectivity index (χ0) is 20.5. The van der Waals surface area contributed by atoms with E-state index in [1.165, 1.54) is 10.6 Å². The largest absolute Gasteiger partial charge is 0.379 e. The summed E-state index contributed by atoms with van der Waals surface area (Å²) in [5.41, 5.74) is 3.24. The molecule has 0 unspecified atom stereocenters. The van der Waals surface area contributed by atoms with Crippen molar-refractivity contribution in [1.29, 1.82) is 0 Å². The summed E-state index contributed by atoms with van der Waals surface area (Å²) in [7, 11) is 0. The van der Waals surface area contributed by atoms with E-state index in [2.05, 4.69) is 46.5 Å². The quantitative estimate of drug-likeness (QED) is 0.642. The number of carbonyl (C=O) groups excluding carboxylic acids is 2. The molecule has 2 aliphatic heterocycles. The predicted octanol–water partition coefficient (Wildman–Crippen LogP) is 1.80. The molecule has 2 aliphatic rings. The lowest BCUT2D eigenvalue weighted by Gasteiger charge is -2.26. The molecular formula is C22H32N4O3. The molecule has 0 aromatic heterocycles. The van der Waals surface area contributed by atoms with Gasteiger partial charge in [-0.15, -0.1) is 0 Å². The number of hydrogen-bond acceptors (Lipinski definition) is 5. The van der Waals surface area contributed by atoms with Gasteiger partial charge in [0.2, 0.25) is 11.8 Å². The van der Waals surface area contributed by atoms with Crippen LogP contribution in [0.4, 0.5) is 0 Å². The van der Waals surface area contributed by atoms with Crippen LogP contribution in [0.25, 0.3) is 0 Å². The number of aryl methyl sites for hydroxylation is 1. The van der Waals surface area contributed by atoms with Crippen molar-refractivity contribution in [3.8, 4) is 0 Å². The summed E-state index contributed by atoms with van der Waals surface area (Å²) in [6.45, 7) is 7.59. The van der Waals surface area contributed by atoms with Gasteiger partial charge < -0.3 is 10.1 Å². The molecule has 0 aliphatic carbocycles. The van der Waals surface area contributed by atoms with Crippen molar-refractivity contribution in [1.82, 2.24) is 15.2 Å². The Labute approximate surface area is 173 Å². The molecule has 1 fully saturated rings. The molecule has 0 saturated carbocycles. The molecule has 7 nitrogen and oxygen atoms in total. The van der Waals surface area contributed by atoms with Crippen molar-refractivity contribution in [2.24, 2.45) is 5.10 Å². The van der Waals surface area contributed by atoms with E-state index in [9.17, 15) is 9.59 Å². The van der Waals surface area contributed by atoms with Gasteiger partial charge in [-0.1, -0.05) is 31.2 Å². The fraction of sp³-hybridized carbons (Fsp3) is 0.591. The Morgan fingerprint density at radius 3 is 2.62 bits per heavy atom. The molecule has 0 bridgehead atoms. The van der Waals surface area contributed by atoms with Gasteiger partial charge in [-0.3, -0.25) is 14.5 Å². The maximum atomic E-state index is 12.2. The zero-order valence-corrected chi connectivity index (χ0v) is 17.4. The second kappa shape index (κ2) is 11.1. The number of nitrogens with one attached hydrogen (secondary N) is 1. The molecule has 0 radical (unpaired) electrons. The van der Waals surface area contributed by atoms with E-state index in [-0.39, 0.29) is 18.2 Å². The predicted molar refractivity (Wildman–Crippen MR) is 113 cm³/mol. The lowest BCUT2D eigenvalue weighted by atomic mass is 10.0. The van der Waals surface area contributed by atoms with Gasteiger partial charge in [0.15, 0.2) is 0 Å². The van der Waals surface area contributed by atoms with E-state index in [0.717, 1.165) is 57.0 Å². The molecule has 0 atom stereocenters. The second-order valence-electron chi connectivity index (χ2n) is 7.52. The number of ether oxygens (including phenoxy) is 1. The summed E-state index contributed by atoms with van der Waals surface area (Å²) in [6.07, 6.45) is 3.28. The van der Waals surface area contributed by atoms with Crippen LogP contribution < -0.4 is 5.32 Å². The van der Waals surface area contributed by atoms with Crippen molar-refractivity contribution in [3.05, 3.63) is 35.4 Å². The van der Waals surface area contributed by atoms with Crippen LogP contribution in [-0.4, -0.2) is 73.4 Å². The first-order valence-electron chi connectivity index (χ1n) is 10.7. The fourth-order valence-corrected chi connectivity index (χ4v) is 3.57. The maximum Gasteiger partial charge on any atom is 0.243 e. The number of hydrogen-bond donors (Lipinski definition) is 1. The van der Waals surface area contributed by atoms with Crippen LogP contribution in [0.15, 0.2) is 29.4 Å². The molecule has 1 aromatic carbocycles. The minimum absolute atomic E-state index is 0.0148. The Hall–Kier alpha value is -2.25. The molecule has 1 N–H and O–H groups in total. The van der Waals surface area contributed by atoms with Gasteiger partial charge in [0, 0.05) is 38.9 Å². The Kier molecular flexibility index (Phi) is 8.19. The van der Waals surface area contributed by atoms with Gasteiger partial charge in [0.25, 0.3) is 0 Å². The minimum Gasteiger partial charge on any atom is -0.379 e. The molecule has 2 heterocycles. The van der Waals surface area contributed by atoms with E-state index in [0.29, 0.717) is 25.9 Å². The lowest BCUT2D eigenvalue weighted by Crippen LogP contribution is -2.38. The highest BCUT2D eigenvalue weighted by atomic mass is 16.5. The first-order chi connectivity index (χ1) is 14.2. The van der Waals surface area contributed by atoms with Crippen LogP contribution >= 0.6 is 0 Å². The summed E-state index contributed by atoms with van der Waals surface area (Å²) >= 11 is 0. The Morgan fingerprint density at radius 1 is 1.14 bits per heavy atom. The van der Waals surface area contributed by atoms with E-state index >= 15 is 0 Å². The first kappa shape index (κ1) is 21.5. The monoisotopic (exact) mass is 400 g/mol. The zero-order valence-electron chi connectivity index (χ0n) is 17.4. The molecular weight excluding hydrogens is 368 g/mol. The number of amides is 2. The number of nitrogens with zero attached hydrogens (tertiary/aromatic N) is 3. The first-order valence-corrected chi connectivity index (χ1v) is 10.7. The van der Waals surface area contributed by atoms with Gasteiger partial charge >= 0.3 is 0 Å². The molecule has 29 heavy (non-hydrogen) atoms. The molecule has 2 amide bonds. The van der Waals surface area contributed by atoms with Crippen LogP contribution in [-0.2, 0) is 20.7 Å². The Bertz CT molecular complexity index is 711. The van der Waals surface area contributed by atoms with Crippen molar-refractivity contribution >= 4 is 17.5 Å². The molecule has 1 aromatic rings. The SMILES string of the molecule is CCc1ccc(C2=NN(CCC(=O)NCCCN3CCOCC3)C(=O)CC2)cc1. The number of hydrazone groups is 1. The van der Waals surface area contributed by atoms with Crippen LogP contribution in [0.3, 0.4) is 0 Å². The molecule has 7 heteroatoms. The smallest absolute Gasteiger partial charge is 0.243 e. The normalized spacial score (nSPS) is 17.9. The van der Waals surface area contributed by atoms with Gasteiger partial charge in [-0.05, 0) is 30.5 Å². The van der Waals surface area contributed by atoms with Gasteiger partial charge in [-0.25, -0.2) is 5.01 Å². The third-order valence-corrected chi connectivity index (χ3v) is 5.43. The maximum absolute atomic E-state index is 12.2. The number of carbonyl (C=O) groups is 2. The molecule has 158 valence electrons. The third-order valence-electron chi connectivity index (χ3n) is 5.43. The Morgan fingerprint density at radius 2 is 1.90 bits per heavy atom. The fourth-order valence-electron chi connectivity index (χ4n) is 3.57. The molecule has 1 saturated heterocycles. The third kappa shape index (κ3) is 6.65. The van der Waals surface area contributed by atoms with Crippen molar-refractivity contribution < 1.29 is 14.3 Å². The standard InChI is InChI=1S/C22H32N4O3/c1-2-18-4-6-19(7-5-18)20-8-9-22(28)26(24-20)13-10-21(27)23-11-3-12-25-14-16-29-17-15-25/h4-7H,2-3,8-17H2,1H3,(H,23,27). The van der Waals surface area contributed by atoms with Crippen molar-refractivity contribution in [3.63, 3.8) is 0 Å². The summed E-state index contributed by atoms with van der Waals surface area (Å²) in [5.74, 6) is -0.0477. The minimum atomic E-state index is -0.0330. The second-order valence-corrected chi connectivity index (χ2v) is 7.52. The summed E-state index contributed by atoms with van der Waals surface area (Å²) in [6, 6.07) is 8.32. The van der Waals surface area contributed by atoms with E-state index < -0.39 is 0 Å². The van der Waals surface area contributed by atoms with E-state index in [1.54, 1.807) is 0 Å². The van der Waals surface area contributed by atoms with Crippen LogP contribution in [0.2, 0.25) is 0 Å². The van der Waals surface area contributed by atoms with E-state index in [4.69, 9.17) is 4.74 Å². The van der Waals surface area contributed by atoms with Gasteiger partial charge in [0.05, 0.1) is 25.5 Å².